The molecule has 0 saturated carbocycles. The molecule has 0 aliphatic carbocycles. The van der Waals surface area contributed by atoms with Gasteiger partial charge in [-0.2, -0.15) is 0 Å². The first-order chi connectivity index (χ1) is 8.93. The Morgan fingerprint density at radius 3 is 1.95 bits per heavy atom. The number of fused-ring (bicyclic) bond motifs is 1. The van der Waals surface area contributed by atoms with E-state index in [9.17, 15) is 19.5 Å². The molecule has 0 bridgehead atoms. The molecule has 0 spiro atoms. The summed E-state index contributed by atoms with van der Waals surface area (Å²) in [4.78, 5) is 35.5. The molecule has 2 rings (SSSR count). The number of imide groups is 1. The lowest BCUT2D eigenvalue weighted by atomic mass is 10.1. The van der Waals surface area contributed by atoms with E-state index in [4.69, 9.17) is 0 Å². The van der Waals surface area contributed by atoms with Gasteiger partial charge in [-0.25, -0.2) is 4.31 Å². The average molecular weight is 277 g/mol. The second-order valence-electron chi connectivity index (χ2n) is 4.01. The van der Waals surface area contributed by atoms with E-state index in [1.54, 1.807) is 24.3 Å². The Bertz CT molecular complexity index is 582. The molecule has 5 nitrogen and oxygen atoms in total. The molecule has 0 atom stereocenters. The lowest BCUT2D eigenvalue weighted by Gasteiger charge is -2.13. The number of aliphatic hydroxyl groups excluding tert-OH is 1. The normalized spacial score (nSPS) is 15.4. The maximum absolute atomic E-state index is 12.1. The largest absolute Gasteiger partial charge is 0.511 e. The molecule has 98 valence electrons. The number of ketones is 1. The van der Waals surface area contributed by atoms with Crippen LogP contribution in [-0.2, 0) is 4.79 Å². The van der Waals surface area contributed by atoms with Crippen molar-refractivity contribution in [3.63, 3.8) is 0 Å². The summed E-state index contributed by atoms with van der Waals surface area (Å²) in [5, 5.41) is 9.42. The van der Waals surface area contributed by atoms with Gasteiger partial charge >= 0.3 is 0 Å². The van der Waals surface area contributed by atoms with Crippen molar-refractivity contribution >= 4 is 29.5 Å². The van der Waals surface area contributed by atoms with E-state index in [0.29, 0.717) is 23.1 Å². The molecule has 1 heterocycles. The van der Waals surface area contributed by atoms with Gasteiger partial charge in [0.25, 0.3) is 11.8 Å². The Balaban J connectivity index is 2.36. The summed E-state index contributed by atoms with van der Waals surface area (Å²) in [5.74, 6) is -1.58. The highest BCUT2D eigenvalue weighted by molar-refractivity contribution is 8.02. The Morgan fingerprint density at radius 1 is 1.11 bits per heavy atom. The van der Waals surface area contributed by atoms with Crippen molar-refractivity contribution in [1.29, 1.82) is 0 Å². The third kappa shape index (κ3) is 2.26. The molecule has 19 heavy (non-hydrogen) atoms. The Hall–Kier alpha value is -2.08. The van der Waals surface area contributed by atoms with E-state index >= 15 is 0 Å². The quantitative estimate of drug-likeness (QED) is 0.397. The highest BCUT2D eigenvalue weighted by Gasteiger charge is 2.37. The SMILES string of the molecule is CC(=O)/C(SN1C(=O)c2ccccc2C1=O)=C(\C)O. The predicted octanol–water partition coefficient (Wildman–Crippen LogP) is 2.31. The van der Waals surface area contributed by atoms with Crippen LogP contribution in [0.25, 0.3) is 0 Å². The standard InChI is InChI=1S/C13H11NO4S/c1-7(15)11(8(2)16)19-14-12(17)9-5-3-4-6-10(9)13(14)18/h3-6,15H,1-2H3/b11-7-. The Morgan fingerprint density at radius 2 is 1.58 bits per heavy atom. The first kappa shape index (κ1) is 13.4. The van der Waals surface area contributed by atoms with Crippen molar-refractivity contribution in [1.82, 2.24) is 4.31 Å². The first-order valence-electron chi connectivity index (χ1n) is 5.50. The van der Waals surface area contributed by atoms with Crippen LogP contribution >= 0.6 is 11.9 Å². The molecule has 1 aliphatic rings. The van der Waals surface area contributed by atoms with Crippen molar-refractivity contribution in [2.45, 2.75) is 13.8 Å². The lowest BCUT2D eigenvalue weighted by molar-refractivity contribution is -0.113. The number of hydrogen-bond donors (Lipinski definition) is 1. The van der Waals surface area contributed by atoms with Gasteiger partial charge in [0.2, 0.25) is 0 Å². The topological polar surface area (TPSA) is 74.7 Å². The van der Waals surface area contributed by atoms with Crippen molar-refractivity contribution < 1.29 is 19.5 Å². The van der Waals surface area contributed by atoms with Gasteiger partial charge in [0.15, 0.2) is 5.78 Å². The van der Waals surface area contributed by atoms with Crippen LogP contribution in [0.4, 0.5) is 0 Å². The summed E-state index contributed by atoms with van der Waals surface area (Å²) in [6, 6.07) is 6.44. The minimum Gasteiger partial charge on any atom is -0.511 e. The zero-order chi connectivity index (χ0) is 14.2. The van der Waals surface area contributed by atoms with Gasteiger partial charge in [-0.05, 0) is 26.0 Å². The molecular weight excluding hydrogens is 266 g/mol. The third-order valence-electron chi connectivity index (χ3n) is 2.59. The van der Waals surface area contributed by atoms with Crippen molar-refractivity contribution in [3.8, 4) is 0 Å². The lowest BCUT2D eigenvalue weighted by Crippen LogP contribution is -2.23. The average Bonchev–Trinajstić information content (AvgIpc) is 2.59. The van der Waals surface area contributed by atoms with E-state index < -0.39 is 17.6 Å². The van der Waals surface area contributed by atoms with Crippen LogP contribution in [0.1, 0.15) is 34.6 Å². The molecule has 1 aromatic rings. The van der Waals surface area contributed by atoms with Crippen LogP contribution in [0.3, 0.4) is 0 Å². The number of carbonyl (C=O) groups is 3. The van der Waals surface area contributed by atoms with Crippen LogP contribution in [-0.4, -0.2) is 27.0 Å². The van der Waals surface area contributed by atoms with Crippen LogP contribution < -0.4 is 0 Å². The number of carbonyl (C=O) groups excluding carboxylic acids is 3. The molecule has 2 amide bonds. The van der Waals surface area contributed by atoms with E-state index in [1.807, 2.05) is 0 Å². The molecule has 0 saturated heterocycles. The van der Waals surface area contributed by atoms with E-state index in [1.165, 1.54) is 13.8 Å². The van der Waals surface area contributed by atoms with E-state index in [0.717, 1.165) is 4.31 Å². The number of aliphatic hydroxyl groups is 1. The van der Waals surface area contributed by atoms with Crippen LogP contribution in [0.2, 0.25) is 0 Å². The zero-order valence-corrected chi connectivity index (χ0v) is 11.2. The summed E-state index contributed by atoms with van der Waals surface area (Å²) in [5.41, 5.74) is 0.608. The van der Waals surface area contributed by atoms with E-state index in [-0.39, 0.29) is 10.7 Å². The zero-order valence-electron chi connectivity index (χ0n) is 10.3. The summed E-state index contributed by atoms with van der Waals surface area (Å²) in [7, 11) is 0. The minimum atomic E-state index is -0.481. The van der Waals surface area contributed by atoms with Crippen LogP contribution in [0.5, 0.6) is 0 Å². The number of amides is 2. The highest BCUT2D eigenvalue weighted by Crippen LogP contribution is 2.33. The summed E-state index contributed by atoms with van der Waals surface area (Å²) >= 11 is 0.656. The molecule has 0 radical (unpaired) electrons. The fourth-order valence-electron chi connectivity index (χ4n) is 1.73. The van der Waals surface area contributed by atoms with Gasteiger partial charge in [0, 0.05) is 11.9 Å². The monoisotopic (exact) mass is 277 g/mol. The van der Waals surface area contributed by atoms with Crippen molar-refractivity contribution in [2.24, 2.45) is 0 Å². The van der Waals surface area contributed by atoms with Crippen LogP contribution in [0.15, 0.2) is 34.9 Å². The van der Waals surface area contributed by atoms with Crippen LogP contribution in [0, 0.1) is 0 Å². The molecule has 1 aliphatic heterocycles. The minimum absolute atomic E-state index is 0.0190. The van der Waals surface area contributed by atoms with Gasteiger partial charge < -0.3 is 5.11 Å². The number of hydrogen-bond acceptors (Lipinski definition) is 5. The number of allylic oxidation sites excluding steroid dienone is 2. The third-order valence-corrected chi connectivity index (χ3v) is 3.87. The molecule has 0 aromatic heterocycles. The summed E-state index contributed by atoms with van der Waals surface area (Å²) < 4.78 is 0.890. The molecule has 1 aromatic carbocycles. The van der Waals surface area contributed by atoms with Gasteiger partial charge in [0.05, 0.1) is 11.1 Å². The second-order valence-corrected chi connectivity index (χ2v) is 4.97. The van der Waals surface area contributed by atoms with Gasteiger partial charge in [-0.3, -0.25) is 14.4 Å². The fraction of sp³-hybridized carbons (Fsp3) is 0.154. The van der Waals surface area contributed by atoms with Gasteiger partial charge in [-0.1, -0.05) is 12.1 Å². The number of nitrogens with zero attached hydrogens (tertiary/aromatic N) is 1. The number of Topliss-reactive ketones (excluding diaryl/α,β-unsaturated/α-hetero) is 1. The van der Waals surface area contributed by atoms with Gasteiger partial charge in [0.1, 0.15) is 10.7 Å². The number of benzene rings is 1. The molecule has 1 N–H and O–H groups in total. The molecular formula is C13H11NO4S. The van der Waals surface area contributed by atoms with E-state index in [2.05, 4.69) is 0 Å². The maximum atomic E-state index is 12.1. The molecule has 6 heteroatoms. The summed E-state index contributed by atoms with van der Waals surface area (Å²) in [6.07, 6.45) is 0. The Labute approximate surface area is 114 Å². The molecule has 0 unspecified atom stereocenters. The van der Waals surface area contributed by atoms with Crippen molar-refractivity contribution in [2.75, 3.05) is 0 Å². The smallest absolute Gasteiger partial charge is 0.272 e. The fourth-order valence-corrected chi connectivity index (χ4v) is 2.53. The maximum Gasteiger partial charge on any atom is 0.272 e. The highest BCUT2D eigenvalue weighted by atomic mass is 32.2. The predicted molar refractivity (Wildman–Crippen MR) is 70.5 cm³/mol. The van der Waals surface area contributed by atoms with Gasteiger partial charge in [-0.15, -0.1) is 0 Å². The second kappa shape index (κ2) is 4.89. The Kier molecular flexibility index (Phi) is 3.44. The molecule has 0 fully saturated rings. The summed E-state index contributed by atoms with van der Waals surface area (Å²) in [6.45, 7) is 2.60. The number of rotatable bonds is 3. The first-order valence-corrected chi connectivity index (χ1v) is 6.27. The van der Waals surface area contributed by atoms with Crippen molar-refractivity contribution in [3.05, 3.63) is 46.1 Å².